The fourth-order valence-electron chi connectivity index (χ4n) is 2.09. The van der Waals surface area contributed by atoms with E-state index in [-0.39, 0.29) is 40.6 Å². The summed E-state index contributed by atoms with van der Waals surface area (Å²) < 4.78 is 0. The van der Waals surface area contributed by atoms with Crippen LogP contribution in [-0.4, -0.2) is 48.8 Å². The number of rotatable bonds is 3. The van der Waals surface area contributed by atoms with Gasteiger partial charge in [-0.05, 0) is 24.7 Å². The van der Waals surface area contributed by atoms with E-state index in [1.807, 2.05) is 0 Å². The van der Waals surface area contributed by atoms with Crippen molar-refractivity contribution in [2.45, 2.75) is 45.4 Å². The van der Waals surface area contributed by atoms with Gasteiger partial charge in [-0.1, -0.05) is 26.2 Å². The van der Waals surface area contributed by atoms with E-state index in [1.165, 1.54) is 19.3 Å². The summed E-state index contributed by atoms with van der Waals surface area (Å²) in [5, 5.41) is 8.59. The summed E-state index contributed by atoms with van der Waals surface area (Å²) in [6.45, 7) is 2.22. The molecule has 0 spiro atoms. The molecule has 1 fully saturated rings. The van der Waals surface area contributed by atoms with Crippen LogP contribution in [-0.2, 0) is 4.79 Å². The van der Waals surface area contributed by atoms with Crippen molar-refractivity contribution in [2.24, 2.45) is 11.8 Å². The van der Waals surface area contributed by atoms with Gasteiger partial charge in [-0.15, -0.1) is 0 Å². The molecule has 0 atom stereocenters. The summed E-state index contributed by atoms with van der Waals surface area (Å²) in [4.78, 5) is 10.4. The zero-order valence-corrected chi connectivity index (χ0v) is 10.7. The molecular formula is C10H20CaO2. The first-order valence-electron chi connectivity index (χ1n) is 4.94. The first-order chi connectivity index (χ1) is 5.72. The molecule has 0 unspecified atom stereocenters. The molecule has 0 heterocycles. The van der Waals surface area contributed by atoms with Crippen molar-refractivity contribution in [3.8, 4) is 0 Å². The summed E-state index contributed by atoms with van der Waals surface area (Å²) in [5.74, 6) is 0.704. The van der Waals surface area contributed by atoms with E-state index in [0.717, 1.165) is 18.8 Å². The summed E-state index contributed by atoms with van der Waals surface area (Å²) in [6, 6.07) is 0. The van der Waals surface area contributed by atoms with Gasteiger partial charge in [0.05, 0.1) is 0 Å². The summed E-state index contributed by atoms with van der Waals surface area (Å²) in [5.41, 5.74) is 0. The fourth-order valence-corrected chi connectivity index (χ4v) is 2.09. The monoisotopic (exact) mass is 212 g/mol. The molecule has 1 saturated carbocycles. The van der Waals surface area contributed by atoms with Crippen LogP contribution in [0.1, 0.15) is 48.3 Å². The van der Waals surface area contributed by atoms with E-state index in [4.69, 9.17) is 5.11 Å². The molecule has 1 aliphatic carbocycles. The number of hydrogen-bond donors (Lipinski definition) is 1. The molecule has 74 valence electrons. The third-order valence-electron chi connectivity index (χ3n) is 3.01. The SMILES string of the molecule is CCC1CCC(CC(=O)O)CC1.[Ca+2].[H-].[H-]. The number of carboxylic acids is 1. The van der Waals surface area contributed by atoms with Gasteiger partial charge in [0, 0.05) is 6.42 Å². The maximum Gasteiger partial charge on any atom is 2.00 e. The molecule has 3 heteroatoms. The summed E-state index contributed by atoms with van der Waals surface area (Å²) in [7, 11) is 0. The summed E-state index contributed by atoms with van der Waals surface area (Å²) in [6.07, 6.45) is 6.40. The second-order valence-corrected chi connectivity index (χ2v) is 3.89. The minimum Gasteiger partial charge on any atom is -1.00 e. The van der Waals surface area contributed by atoms with E-state index in [0.29, 0.717) is 12.3 Å². The molecule has 0 aromatic carbocycles. The molecule has 1 rings (SSSR count). The van der Waals surface area contributed by atoms with E-state index >= 15 is 0 Å². The van der Waals surface area contributed by atoms with E-state index in [9.17, 15) is 4.79 Å². The van der Waals surface area contributed by atoms with Crippen molar-refractivity contribution in [1.29, 1.82) is 0 Å². The number of hydrogen-bond acceptors (Lipinski definition) is 1. The largest absolute Gasteiger partial charge is 2.00 e. The van der Waals surface area contributed by atoms with Crippen molar-refractivity contribution in [3.05, 3.63) is 0 Å². The maximum absolute atomic E-state index is 10.4. The molecule has 0 radical (unpaired) electrons. The van der Waals surface area contributed by atoms with Crippen LogP contribution < -0.4 is 0 Å². The van der Waals surface area contributed by atoms with Gasteiger partial charge in [-0.3, -0.25) is 4.79 Å². The van der Waals surface area contributed by atoms with Gasteiger partial charge >= 0.3 is 43.7 Å². The Morgan fingerprint density at radius 2 is 1.77 bits per heavy atom. The van der Waals surface area contributed by atoms with Crippen LogP contribution in [0.2, 0.25) is 0 Å². The Bertz CT molecular complexity index is 160. The molecule has 0 amide bonds. The van der Waals surface area contributed by atoms with Gasteiger partial charge in [0.25, 0.3) is 0 Å². The second kappa shape index (κ2) is 7.08. The van der Waals surface area contributed by atoms with Crippen LogP contribution in [0.15, 0.2) is 0 Å². The Morgan fingerprint density at radius 1 is 1.31 bits per heavy atom. The van der Waals surface area contributed by atoms with Gasteiger partial charge in [-0.2, -0.15) is 0 Å². The quantitative estimate of drug-likeness (QED) is 0.730. The van der Waals surface area contributed by atoms with Crippen molar-refractivity contribution in [1.82, 2.24) is 0 Å². The fraction of sp³-hybridized carbons (Fsp3) is 0.900. The molecule has 13 heavy (non-hydrogen) atoms. The molecule has 0 aromatic rings. The van der Waals surface area contributed by atoms with Crippen molar-refractivity contribution in [3.63, 3.8) is 0 Å². The molecule has 0 bridgehead atoms. The zero-order chi connectivity index (χ0) is 8.97. The van der Waals surface area contributed by atoms with Crippen molar-refractivity contribution < 1.29 is 12.8 Å². The first-order valence-corrected chi connectivity index (χ1v) is 4.94. The molecule has 0 saturated heterocycles. The van der Waals surface area contributed by atoms with Gasteiger partial charge in [0.1, 0.15) is 0 Å². The predicted octanol–water partition coefficient (Wildman–Crippen LogP) is 2.52. The standard InChI is InChI=1S/C10H18O2.Ca.2H/c1-2-8-3-5-9(6-4-8)7-10(11)12;;;/h8-9H,2-7H2,1H3,(H,11,12);;;/q;+2;2*-1. The Morgan fingerprint density at radius 3 is 2.15 bits per heavy atom. The third kappa shape index (κ3) is 5.24. The average Bonchev–Trinajstić information content (AvgIpc) is 2.05. The van der Waals surface area contributed by atoms with Crippen LogP contribution in [0.5, 0.6) is 0 Å². The molecule has 0 aliphatic heterocycles. The normalized spacial score (nSPS) is 27.8. The second-order valence-electron chi connectivity index (χ2n) is 3.89. The van der Waals surface area contributed by atoms with Crippen LogP contribution in [0.4, 0.5) is 0 Å². The topological polar surface area (TPSA) is 37.3 Å². The van der Waals surface area contributed by atoms with Crippen LogP contribution in [0.3, 0.4) is 0 Å². The van der Waals surface area contributed by atoms with Gasteiger partial charge < -0.3 is 7.96 Å². The minimum absolute atomic E-state index is 0. The zero-order valence-electron chi connectivity index (χ0n) is 10.5. The minimum atomic E-state index is -0.630. The van der Waals surface area contributed by atoms with E-state index in [2.05, 4.69) is 6.92 Å². The van der Waals surface area contributed by atoms with Crippen molar-refractivity contribution >= 4 is 43.7 Å². The van der Waals surface area contributed by atoms with E-state index < -0.39 is 5.97 Å². The Hall–Kier alpha value is 0.730. The van der Waals surface area contributed by atoms with E-state index in [1.54, 1.807) is 0 Å². The Kier molecular flexibility index (Phi) is 7.48. The Balaban J connectivity index is -0.000000480. The molecule has 1 aliphatic rings. The van der Waals surface area contributed by atoms with Gasteiger partial charge in [0.2, 0.25) is 0 Å². The average molecular weight is 212 g/mol. The first kappa shape index (κ1) is 13.7. The van der Waals surface area contributed by atoms with Gasteiger partial charge in [-0.25, -0.2) is 0 Å². The number of aliphatic carboxylic acids is 1. The van der Waals surface area contributed by atoms with Crippen LogP contribution in [0.25, 0.3) is 0 Å². The molecule has 1 N–H and O–H groups in total. The molecule has 2 nitrogen and oxygen atoms in total. The van der Waals surface area contributed by atoms with Crippen LogP contribution >= 0.6 is 0 Å². The number of carboxylic acid groups (broad SMARTS) is 1. The Labute approximate surface area is 113 Å². The summed E-state index contributed by atoms with van der Waals surface area (Å²) >= 11 is 0. The van der Waals surface area contributed by atoms with Crippen LogP contribution in [0, 0.1) is 11.8 Å². The van der Waals surface area contributed by atoms with Crippen molar-refractivity contribution in [2.75, 3.05) is 0 Å². The predicted molar refractivity (Wildman–Crippen MR) is 56.0 cm³/mol. The molecule has 0 aromatic heterocycles. The number of carbonyl (C=O) groups is 1. The van der Waals surface area contributed by atoms with Gasteiger partial charge in [0.15, 0.2) is 0 Å². The molecular weight excluding hydrogens is 192 g/mol. The maximum atomic E-state index is 10.4. The third-order valence-corrected chi connectivity index (χ3v) is 3.01. The smallest absolute Gasteiger partial charge is 1.00 e.